The molecule has 0 spiro atoms. The zero-order valence-corrected chi connectivity index (χ0v) is 14.5. The Morgan fingerprint density at radius 2 is 2.18 bits per heavy atom. The van der Waals surface area contributed by atoms with Gasteiger partial charge in [0.2, 0.25) is 0 Å². The molecule has 4 nitrogen and oxygen atoms in total. The largest absolute Gasteiger partial charge is 0.348 e. The number of hydrogen-bond acceptors (Lipinski definition) is 6. The van der Waals surface area contributed by atoms with Gasteiger partial charge in [-0.2, -0.15) is 0 Å². The molecule has 2 aromatic rings. The summed E-state index contributed by atoms with van der Waals surface area (Å²) in [6, 6.07) is 4.91. The zero-order chi connectivity index (χ0) is 15.2. The Morgan fingerprint density at radius 3 is 2.91 bits per heavy atom. The van der Waals surface area contributed by atoms with Gasteiger partial charge in [-0.1, -0.05) is 6.92 Å². The fourth-order valence-corrected chi connectivity index (χ4v) is 4.06. The minimum Gasteiger partial charge on any atom is -0.348 e. The maximum Gasteiger partial charge on any atom is 0.185 e. The molecule has 0 amide bonds. The lowest BCUT2D eigenvalue weighted by atomic mass is 10.1. The number of rotatable bonds is 6. The van der Waals surface area contributed by atoms with E-state index < -0.39 is 0 Å². The molecule has 0 atom stereocenters. The summed E-state index contributed by atoms with van der Waals surface area (Å²) in [5.41, 5.74) is 1.33. The Bertz CT molecular complexity index is 565. The molecule has 22 heavy (non-hydrogen) atoms. The number of thioether (sulfide) groups is 1. The van der Waals surface area contributed by atoms with Crippen LogP contribution in [0.5, 0.6) is 0 Å². The van der Waals surface area contributed by atoms with Crippen molar-refractivity contribution < 1.29 is 0 Å². The van der Waals surface area contributed by atoms with E-state index in [9.17, 15) is 0 Å². The highest BCUT2D eigenvalue weighted by Gasteiger charge is 2.20. The summed E-state index contributed by atoms with van der Waals surface area (Å²) in [5.74, 6) is 1.07. The van der Waals surface area contributed by atoms with E-state index in [0.717, 1.165) is 35.5 Å². The summed E-state index contributed by atoms with van der Waals surface area (Å²) in [4.78, 5) is 11.2. The Kier molecular flexibility index (Phi) is 5.70. The van der Waals surface area contributed by atoms with E-state index in [-0.39, 0.29) is 0 Å². The molecule has 0 unspecified atom stereocenters. The molecule has 6 heteroatoms. The first-order chi connectivity index (χ1) is 10.8. The van der Waals surface area contributed by atoms with E-state index in [2.05, 4.69) is 44.6 Å². The lowest BCUT2D eigenvalue weighted by molar-refractivity contribution is 0.413. The van der Waals surface area contributed by atoms with Gasteiger partial charge in [0.05, 0.1) is 5.03 Å². The molecule has 3 heterocycles. The highest BCUT2D eigenvalue weighted by atomic mass is 32.2. The topological polar surface area (TPSA) is 41.0 Å². The van der Waals surface area contributed by atoms with Crippen molar-refractivity contribution in [1.29, 1.82) is 0 Å². The van der Waals surface area contributed by atoms with Crippen LogP contribution >= 0.6 is 23.1 Å². The van der Waals surface area contributed by atoms with Crippen LogP contribution in [0.3, 0.4) is 0 Å². The molecule has 118 valence electrons. The van der Waals surface area contributed by atoms with Gasteiger partial charge in [-0.25, -0.2) is 9.97 Å². The third kappa shape index (κ3) is 4.21. The van der Waals surface area contributed by atoms with Crippen LogP contribution in [0.2, 0.25) is 0 Å². The van der Waals surface area contributed by atoms with Crippen LogP contribution in [0.25, 0.3) is 0 Å². The van der Waals surface area contributed by atoms with E-state index >= 15 is 0 Å². The Hall–Kier alpha value is -1.11. The van der Waals surface area contributed by atoms with Crippen molar-refractivity contribution in [3.8, 4) is 0 Å². The van der Waals surface area contributed by atoms with Crippen LogP contribution in [0, 0.1) is 0 Å². The van der Waals surface area contributed by atoms with E-state index in [4.69, 9.17) is 0 Å². The number of pyridine rings is 1. The third-order valence-corrected chi connectivity index (χ3v) is 5.51. The van der Waals surface area contributed by atoms with Gasteiger partial charge >= 0.3 is 0 Å². The summed E-state index contributed by atoms with van der Waals surface area (Å²) in [7, 11) is 0. The lowest BCUT2D eigenvalue weighted by Crippen LogP contribution is -2.42. The van der Waals surface area contributed by atoms with Crippen LogP contribution < -0.4 is 10.2 Å². The van der Waals surface area contributed by atoms with Crippen molar-refractivity contribution >= 4 is 28.2 Å². The fraction of sp³-hybridized carbons (Fsp3) is 0.500. The van der Waals surface area contributed by atoms with Crippen LogP contribution in [0.4, 0.5) is 5.13 Å². The number of piperidine rings is 1. The van der Waals surface area contributed by atoms with Gasteiger partial charge < -0.3 is 10.2 Å². The van der Waals surface area contributed by atoms with Gasteiger partial charge in [0.15, 0.2) is 5.13 Å². The average molecular weight is 335 g/mol. The van der Waals surface area contributed by atoms with E-state index in [1.807, 2.05) is 12.4 Å². The summed E-state index contributed by atoms with van der Waals surface area (Å²) < 4.78 is 0. The fourth-order valence-electron chi connectivity index (χ4n) is 2.70. The van der Waals surface area contributed by atoms with Crippen molar-refractivity contribution in [2.45, 2.75) is 37.4 Å². The maximum atomic E-state index is 4.40. The first kappa shape index (κ1) is 15.8. The number of hydrogen-bond donors (Lipinski definition) is 1. The van der Waals surface area contributed by atoms with E-state index in [0.29, 0.717) is 6.04 Å². The summed E-state index contributed by atoms with van der Waals surface area (Å²) in [6.45, 7) is 5.28. The highest BCUT2D eigenvalue weighted by molar-refractivity contribution is 7.99. The highest BCUT2D eigenvalue weighted by Crippen LogP contribution is 2.22. The second-order valence-corrected chi connectivity index (χ2v) is 7.55. The normalized spacial score (nSPS) is 16.1. The quantitative estimate of drug-likeness (QED) is 0.820. The number of nitrogens with one attached hydrogen (secondary N) is 1. The predicted molar refractivity (Wildman–Crippen MR) is 94.8 cm³/mol. The monoisotopic (exact) mass is 334 g/mol. The van der Waals surface area contributed by atoms with E-state index in [1.165, 1.54) is 18.4 Å². The third-order valence-electron chi connectivity index (χ3n) is 3.87. The van der Waals surface area contributed by atoms with Crippen LogP contribution in [-0.4, -0.2) is 34.9 Å². The minimum atomic E-state index is 0.603. The Morgan fingerprint density at radius 1 is 1.32 bits per heavy atom. The second-order valence-electron chi connectivity index (χ2n) is 5.39. The van der Waals surface area contributed by atoms with Crippen molar-refractivity contribution in [2.75, 3.05) is 23.7 Å². The molecule has 0 saturated carbocycles. The molecule has 0 radical (unpaired) electrons. The molecule has 0 aromatic carbocycles. The standard InChI is InChI=1S/C16H22N4S2/c1-2-21-15-11-13(3-6-17-15)12-19-14-4-8-20(9-5-14)16-18-7-10-22-16/h3,6-7,10-11,14,19H,2,4-5,8-9,12H2,1H3. The number of anilines is 1. The number of aromatic nitrogens is 2. The first-order valence-corrected chi connectivity index (χ1v) is 9.67. The Labute approximate surface area is 140 Å². The number of thiazole rings is 1. The summed E-state index contributed by atoms with van der Waals surface area (Å²) in [5, 5.41) is 8.03. The van der Waals surface area contributed by atoms with Crippen LogP contribution in [0.1, 0.15) is 25.3 Å². The Balaban J connectivity index is 1.46. The molecule has 2 aromatic heterocycles. The first-order valence-electron chi connectivity index (χ1n) is 7.80. The smallest absolute Gasteiger partial charge is 0.185 e. The molecule has 1 aliphatic heterocycles. The van der Waals surface area contributed by atoms with Crippen molar-refractivity contribution in [2.24, 2.45) is 0 Å². The van der Waals surface area contributed by atoms with Gasteiger partial charge in [-0.3, -0.25) is 0 Å². The average Bonchev–Trinajstić information content (AvgIpc) is 3.09. The molecule has 0 aliphatic carbocycles. The van der Waals surface area contributed by atoms with Crippen molar-refractivity contribution in [3.63, 3.8) is 0 Å². The van der Waals surface area contributed by atoms with Gasteiger partial charge in [-0.05, 0) is 36.3 Å². The lowest BCUT2D eigenvalue weighted by Gasteiger charge is -2.32. The SMILES string of the molecule is CCSc1cc(CNC2CCN(c3nccs3)CC2)ccn1. The van der Waals surface area contributed by atoms with Crippen LogP contribution in [0.15, 0.2) is 34.9 Å². The van der Waals surface area contributed by atoms with Crippen LogP contribution in [-0.2, 0) is 6.54 Å². The van der Waals surface area contributed by atoms with Gasteiger partial charge in [0, 0.05) is 43.4 Å². The second kappa shape index (κ2) is 7.94. The zero-order valence-electron chi connectivity index (χ0n) is 12.9. The molecule has 0 bridgehead atoms. The van der Waals surface area contributed by atoms with Gasteiger partial charge in [0.25, 0.3) is 0 Å². The van der Waals surface area contributed by atoms with Crippen molar-refractivity contribution in [3.05, 3.63) is 35.5 Å². The summed E-state index contributed by atoms with van der Waals surface area (Å²) >= 11 is 3.53. The number of nitrogens with zero attached hydrogens (tertiary/aromatic N) is 3. The van der Waals surface area contributed by atoms with Crippen molar-refractivity contribution in [1.82, 2.24) is 15.3 Å². The molecule has 1 fully saturated rings. The maximum absolute atomic E-state index is 4.40. The minimum absolute atomic E-state index is 0.603. The molecule has 1 saturated heterocycles. The molecule has 1 aliphatic rings. The predicted octanol–water partition coefficient (Wildman–Crippen LogP) is 3.41. The summed E-state index contributed by atoms with van der Waals surface area (Å²) in [6.07, 6.45) is 6.17. The van der Waals surface area contributed by atoms with E-state index in [1.54, 1.807) is 23.1 Å². The molecule has 1 N–H and O–H groups in total. The van der Waals surface area contributed by atoms with Gasteiger partial charge in [0.1, 0.15) is 0 Å². The molecular weight excluding hydrogens is 312 g/mol. The van der Waals surface area contributed by atoms with Gasteiger partial charge in [-0.15, -0.1) is 23.1 Å². The molecular formula is C16H22N4S2. The molecule has 3 rings (SSSR count).